The summed E-state index contributed by atoms with van der Waals surface area (Å²) in [5.74, 6) is 0. The van der Waals surface area contributed by atoms with E-state index in [1.807, 2.05) is 0 Å². The zero-order valence-electron chi connectivity index (χ0n) is 9.39. The first-order valence-corrected chi connectivity index (χ1v) is 5.58. The van der Waals surface area contributed by atoms with E-state index in [-0.39, 0.29) is 0 Å². The fourth-order valence-corrected chi connectivity index (χ4v) is 1.95. The van der Waals surface area contributed by atoms with E-state index in [0.717, 1.165) is 0 Å². The van der Waals surface area contributed by atoms with Crippen LogP contribution in [0.25, 0.3) is 0 Å². The SMILES string of the molecule is CC(O)(c1cccc(Cl)c1)c1cnccc1N. The predicted molar refractivity (Wildman–Crippen MR) is 68.8 cm³/mol. The van der Waals surface area contributed by atoms with Crippen molar-refractivity contribution in [3.8, 4) is 0 Å². The third-order valence-electron chi connectivity index (χ3n) is 2.77. The molecule has 88 valence electrons. The second kappa shape index (κ2) is 4.35. The van der Waals surface area contributed by atoms with Crippen molar-refractivity contribution in [2.45, 2.75) is 12.5 Å². The molecule has 17 heavy (non-hydrogen) atoms. The maximum absolute atomic E-state index is 10.6. The smallest absolute Gasteiger partial charge is 0.115 e. The number of benzene rings is 1. The van der Waals surface area contributed by atoms with Gasteiger partial charge in [-0.15, -0.1) is 0 Å². The highest BCUT2D eigenvalue weighted by atomic mass is 35.5. The second-order valence-corrected chi connectivity index (χ2v) is 4.48. The van der Waals surface area contributed by atoms with Crippen LogP contribution in [0.3, 0.4) is 0 Å². The van der Waals surface area contributed by atoms with Gasteiger partial charge in [0.25, 0.3) is 0 Å². The third-order valence-corrected chi connectivity index (χ3v) is 3.00. The van der Waals surface area contributed by atoms with Crippen LogP contribution < -0.4 is 5.73 Å². The molecule has 1 heterocycles. The Balaban J connectivity index is 2.53. The Morgan fingerprint density at radius 3 is 2.76 bits per heavy atom. The van der Waals surface area contributed by atoms with Gasteiger partial charge in [-0.3, -0.25) is 4.98 Å². The summed E-state index contributed by atoms with van der Waals surface area (Å²) >= 11 is 5.92. The molecule has 1 aromatic heterocycles. The first-order valence-electron chi connectivity index (χ1n) is 5.20. The number of nitrogens with zero attached hydrogens (tertiary/aromatic N) is 1. The predicted octanol–water partition coefficient (Wildman–Crippen LogP) is 2.57. The molecule has 1 unspecified atom stereocenters. The number of halogens is 1. The molecule has 0 aliphatic rings. The van der Waals surface area contributed by atoms with E-state index in [9.17, 15) is 5.11 Å². The summed E-state index contributed by atoms with van der Waals surface area (Å²) in [6.07, 6.45) is 3.16. The van der Waals surface area contributed by atoms with Crippen LogP contribution >= 0.6 is 11.6 Å². The average Bonchev–Trinajstić information content (AvgIpc) is 2.29. The van der Waals surface area contributed by atoms with Gasteiger partial charge in [-0.25, -0.2) is 0 Å². The fraction of sp³-hybridized carbons (Fsp3) is 0.154. The summed E-state index contributed by atoms with van der Waals surface area (Å²) in [6, 6.07) is 8.73. The molecule has 0 aliphatic heterocycles. The number of nitrogens with two attached hydrogens (primary N) is 1. The van der Waals surface area contributed by atoms with Gasteiger partial charge in [0, 0.05) is 28.7 Å². The largest absolute Gasteiger partial charge is 0.398 e. The normalized spacial score (nSPS) is 14.3. The lowest BCUT2D eigenvalue weighted by Crippen LogP contribution is -2.24. The number of aromatic nitrogens is 1. The van der Waals surface area contributed by atoms with Gasteiger partial charge in [-0.2, -0.15) is 0 Å². The molecule has 0 saturated heterocycles. The number of pyridine rings is 1. The summed E-state index contributed by atoms with van der Waals surface area (Å²) in [4.78, 5) is 3.99. The Hall–Kier alpha value is -1.58. The first-order chi connectivity index (χ1) is 8.01. The Bertz CT molecular complexity index is 540. The van der Waals surface area contributed by atoms with Crippen LogP contribution in [0.15, 0.2) is 42.7 Å². The third kappa shape index (κ3) is 2.25. The lowest BCUT2D eigenvalue weighted by molar-refractivity contribution is 0.103. The number of nitrogen functional groups attached to an aromatic ring is 1. The zero-order chi connectivity index (χ0) is 12.5. The molecule has 3 N–H and O–H groups in total. The van der Waals surface area contributed by atoms with Gasteiger partial charge >= 0.3 is 0 Å². The van der Waals surface area contributed by atoms with Crippen LogP contribution in [-0.4, -0.2) is 10.1 Å². The highest BCUT2D eigenvalue weighted by Gasteiger charge is 2.28. The van der Waals surface area contributed by atoms with Crippen molar-refractivity contribution in [3.63, 3.8) is 0 Å². The summed E-state index contributed by atoms with van der Waals surface area (Å²) in [5, 5.41) is 11.2. The number of anilines is 1. The number of hydrogen-bond acceptors (Lipinski definition) is 3. The van der Waals surface area contributed by atoms with Gasteiger partial charge in [0.2, 0.25) is 0 Å². The summed E-state index contributed by atoms with van der Waals surface area (Å²) in [5.41, 5.74) is 6.41. The standard InChI is InChI=1S/C13H13ClN2O/c1-13(17,9-3-2-4-10(14)7-9)11-8-16-6-5-12(11)15/h2-8,17H,1H3,(H2,15,16). The molecular weight excluding hydrogens is 236 g/mol. The van der Waals surface area contributed by atoms with Gasteiger partial charge in [-0.1, -0.05) is 23.7 Å². The second-order valence-electron chi connectivity index (χ2n) is 4.05. The summed E-state index contributed by atoms with van der Waals surface area (Å²) in [6.45, 7) is 1.67. The van der Waals surface area contributed by atoms with Crippen molar-refractivity contribution in [1.82, 2.24) is 4.98 Å². The molecule has 0 fully saturated rings. The van der Waals surface area contributed by atoms with Crippen molar-refractivity contribution in [3.05, 3.63) is 58.9 Å². The minimum Gasteiger partial charge on any atom is -0.398 e. The highest BCUT2D eigenvalue weighted by molar-refractivity contribution is 6.30. The number of rotatable bonds is 2. The molecule has 1 aromatic carbocycles. The van der Waals surface area contributed by atoms with Crippen LogP contribution in [0.5, 0.6) is 0 Å². The molecule has 0 amide bonds. The van der Waals surface area contributed by atoms with E-state index < -0.39 is 5.60 Å². The van der Waals surface area contributed by atoms with Crippen LogP contribution in [0.4, 0.5) is 5.69 Å². The van der Waals surface area contributed by atoms with Crippen molar-refractivity contribution in [2.24, 2.45) is 0 Å². The van der Waals surface area contributed by atoms with E-state index in [0.29, 0.717) is 21.8 Å². The van der Waals surface area contributed by atoms with Gasteiger partial charge in [0.1, 0.15) is 5.60 Å². The number of hydrogen-bond donors (Lipinski definition) is 2. The first kappa shape index (κ1) is 11.9. The number of aliphatic hydroxyl groups is 1. The minimum atomic E-state index is -1.21. The average molecular weight is 249 g/mol. The van der Waals surface area contributed by atoms with Gasteiger partial charge in [-0.05, 0) is 30.7 Å². The summed E-state index contributed by atoms with van der Waals surface area (Å²) < 4.78 is 0. The Labute approximate surface area is 105 Å². The molecule has 4 heteroatoms. The highest BCUT2D eigenvalue weighted by Crippen LogP contribution is 2.33. The molecule has 0 bridgehead atoms. The molecule has 3 nitrogen and oxygen atoms in total. The molecule has 1 atom stereocenters. The van der Waals surface area contributed by atoms with E-state index in [4.69, 9.17) is 17.3 Å². The van der Waals surface area contributed by atoms with Gasteiger partial charge < -0.3 is 10.8 Å². The monoisotopic (exact) mass is 248 g/mol. The topological polar surface area (TPSA) is 59.1 Å². The molecular formula is C13H13ClN2O. The Morgan fingerprint density at radius 2 is 2.12 bits per heavy atom. The molecule has 0 spiro atoms. The lowest BCUT2D eigenvalue weighted by Gasteiger charge is -2.25. The van der Waals surface area contributed by atoms with Crippen LogP contribution in [-0.2, 0) is 5.60 Å². The quantitative estimate of drug-likeness (QED) is 0.859. The van der Waals surface area contributed by atoms with E-state index >= 15 is 0 Å². The molecule has 2 rings (SSSR count). The maximum Gasteiger partial charge on any atom is 0.115 e. The Morgan fingerprint density at radius 1 is 1.35 bits per heavy atom. The van der Waals surface area contributed by atoms with Gasteiger partial charge in [0.15, 0.2) is 0 Å². The zero-order valence-corrected chi connectivity index (χ0v) is 10.1. The van der Waals surface area contributed by atoms with Crippen molar-refractivity contribution >= 4 is 17.3 Å². The summed E-state index contributed by atoms with van der Waals surface area (Å²) in [7, 11) is 0. The molecule has 0 radical (unpaired) electrons. The van der Waals surface area contributed by atoms with Crippen molar-refractivity contribution in [2.75, 3.05) is 5.73 Å². The molecule has 0 aliphatic carbocycles. The van der Waals surface area contributed by atoms with Crippen molar-refractivity contribution in [1.29, 1.82) is 0 Å². The molecule has 2 aromatic rings. The molecule has 0 saturated carbocycles. The van der Waals surface area contributed by atoms with E-state index in [1.165, 1.54) is 0 Å². The van der Waals surface area contributed by atoms with E-state index in [2.05, 4.69) is 4.98 Å². The fourth-order valence-electron chi connectivity index (χ4n) is 1.76. The lowest BCUT2D eigenvalue weighted by atomic mass is 9.88. The van der Waals surface area contributed by atoms with Crippen LogP contribution in [0.1, 0.15) is 18.1 Å². The van der Waals surface area contributed by atoms with Crippen LogP contribution in [0, 0.1) is 0 Å². The maximum atomic E-state index is 10.6. The minimum absolute atomic E-state index is 0.505. The van der Waals surface area contributed by atoms with Gasteiger partial charge in [0.05, 0.1) is 0 Å². The van der Waals surface area contributed by atoms with Crippen molar-refractivity contribution < 1.29 is 5.11 Å². The van der Waals surface area contributed by atoms with E-state index in [1.54, 1.807) is 49.6 Å². The Kier molecular flexibility index (Phi) is 3.05. The van der Waals surface area contributed by atoms with Crippen LogP contribution in [0.2, 0.25) is 5.02 Å².